The van der Waals surface area contributed by atoms with E-state index in [9.17, 15) is 0 Å². The van der Waals surface area contributed by atoms with Gasteiger partial charge in [-0.3, -0.25) is 4.99 Å². The zero-order valence-electron chi connectivity index (χ0n) is 15.2. The Balaban J connectivity index is 1.85. The summed E-state index contributed by atoms with van der Waals surface area (Å²) in [5, 5.41) is 6.93. The molecule has 0 bridgehead atoms. The van der Waals surface area contributed by atoms with Crippen molar-refractivity contribution < 1.29 is 0 Å². The average molecular weight is 319 g/mol. The minimum absolute atomic E-state index is 0.466. The quantitative estimate of drug-likeness (QED) is 0.599. The van der Waals surface area contributed by atoms with E-state index in [1.165, 1.54) is 32.1 Å². The van der Waals surface area contributed by atoms with E-state index < -0.39 is 0 Å². The van der Waals surface area contributed by atoms with Crippen LogP contribution in [0.5, 0.6) is 0 Å². The van der Waals surface area contributed by atoms with Crippen molar-refractivity contribution in [3.63, 3.8) is 0 Å². The molecule has 1 heterocycles. The minimum atomic E-state index is 0.466. The van der Waals surface area contributed by atoms with Gasteiger partial charge in [0.05, 0.1) is 6.54 Å². The number of rotatable bonds is 7. The van der Waals surface area contributed by atoms with E-state index in [1.54, 1.807) is 0 Å². The zero-order valence-corrected chi connectivity index (χ0v) is 15.2. The van der Waals surface area contributed by atoms with Crippen LogP contribution in [0.3, 0.4) is 0 Å². The Morgan fingerprint density at radius 3 is 2.70 bits per heavy atom. The smallest absolute Gasteiger partial charge is 0.191 e. The molecule has 1 aromatic rings. The first-order valence-corrected chi connectivity index (χ1v) is 9.03. The maximum atomic E-state index is 4.46. The molecule has 1 aliphatic rings. The summed E-state index contributed by atoms with van der Waals surface area (Å²) in [5.41, 5.74) is 0.466. The molecule has 1 saturated carbocycles. The monoisotopic (exact) mass is 319 g/mol. The van der Waals surface area contributed by atoms with Gasteiger partial charge in [-0.1, -0.05) is 33.6 Å². The highest BCUT2D eigenvalue weighted by molar-refractivity contribution is 5.79. The Kier molecular flexibility index (Phi) is 6.48. The van der Waals surface area contributed by atoms with E-state index in [-0.39, 0.29) is 0 Å². The van der Waals surface area contributed by atoms with Gasteiger partial charge in [-0.05, 0) is 30.6 Å². The summed E-state index contributed by atoms with van der Waals surface area (Å²) < 4.78 is 2.22. The summed E-state index contributed by atoms with van der Waals surface area (Å²) in [6.45, 7) is 9.49. The second kappa shape index (κ2) is 8.37. The van der Waals surface area contributed by atoms with E-state index in [0.29, 0.717) is 17.9 Å². The molecule has 1 fully saturated rings. The number of imidazole rings is 1. The second-order valence-electron chi connectivity index (χ2n) is 7.23. The summed E-state index contributed by atoms with van der Waals surface area (Å²) in [6, 6.07) is 0. The molecule has 0 spiro atoms. The molecule has 2 N–H and O–H groups in total. The summed E-state index contributed by atoms with van der Waals surface area (Å²) in [6.07, 6.45) is 10.6. The van der Waals surface area contributed by atoms with Crippen LogP contribution in [0.15, 0.2) is 17.4 Å². The highest BCUT2D eigenvalue weighted by Crippen LogP contribution is 2.40. The molecule has 130 valence electrons. The summed E-state index contributed by atoms with van der Waals surface area (Å²) in [5.74, 6) is 2.56. The van der Waals surface area contributed by atoms with Gasteiger partial charge in [0.2, 0.25) is 0 Å². The van der Waals surface area contributed by atoms with Crippen LogP contribution in [-0.2, 0) is 13.1 Å². The number of aromatic nitrogens is 2. The second-order valence-corrected chi connectivity index (χ2v) is 7.23. The molecule has 0 unspecified atom stereocenters. The van der Waals surface area contributed by atoms with Gasteiger partial charge in [-0.25, -0.2) is 4.98 Å². The predicted octanol–water partition coefficient (Wildman–Crippen LogP) is 3.17. The van der Waals surface area contributed by atoms with Crippen LogP contribution in [0, 0.1) is 11.3 Å². The van der Waals surface area contributed by atoms with E-state index in [4.69, 9.17) is 0 Å². The van der Waals surface area contributed by atoms with E-state index in [2.05, 4.69) is 52.1 Å². The first-order chi connectivity index (χ1) is 11.1. The molecule has 23 heavy (non-hydrogen) atoms. The molecule has 2 rings (SSSR count). The Hall–Kier alpha value is -1.52. The Morgan fingerprint density at radius 2 is 2.09 bits per heavy atom. The number of nitrogens with zero attached hydrogens (tertiary/aromatic N) is 3. The average Bonchev–Trinajstić information content (AvgIpc) is 3.17. The van der Waals surface area contributed by atoms with Crippen LogP contribution in [0.4, 0.5) is 0 Å². The number of aliphatic imine (C=N–C) groups is 1. The summed E-state index contributed by atoms with van der Waals surface area (Å²) in [7, 11) is 1.84. The van der Waals surface area contributed by atoms with Crippen molar-refractivity contribution in [1.82, 2.24) is 20.2 Å². The first-order valence-electron chi connectivity index (χ1n) is 9.03. The fraction of sp³-hybridized carbons (Fsp3) is 0.778. The van der Waals surface area contributed by atoms with Crippen LogP contribution >= 0.6 is 0 Å². The van der Waals surface area contributed by atoms with Gasteiger partial charge < -0.3 is 15.2 Å². The maximum Gasteiger partial charge on any atom is 0.191 e. The van der Waals surface area contributed by atoms with Gasteiger partial charge in [-0.15, -0.1) is 0 Å². The number of hydrogen-bond donors (Lipinski definition) is 2. The van der Waals surface area contributed by atoms with Crippen molar-refractivity contribution in [2.24, 2.45) is 16.3 Å². The molecular formula is C18H33N5. The first kappa shape index (κ1) is 17.8. The Labute approximate surface area is 141 Å². The standard InChI is InChI=1S/C18H33N5/c1-5-18(8-6-7-9-18)14-22-17(19-4)21-12-16-20-10-11-23(16)13-15(2)3/h10-11,15H,5-9,12-14H2,1-4H3,(H2,19,21,22). The maximum absolute atomic E-state index is 4.46. The summed E-state index contributed by atoms with van der Waals surface area (Å²) >= 11 is 0. The third-order valence-electron chi connectivity index (χ3n) is 5.05. The van der Waals surface area contributed by atoms with Crippen LogP contribution in [0.1, 0.15) is 58.7 Å². The molecule has 0 atom stereocenters. The zero-order chi connectivity index (χ0) is 16.7. The topological polar surface area (TPSA) is 54.2 Å². The third-order valence-corrected chi connectivity index (χ3v) is 5.05. The lowest BCUT2D eigenvalue weighted by Gasteiger charge is -2.28. The largest absolute Gasteiger partial charge is 0.356 e. The van der Waals surface area contributed by atoms with Crippen molar-refractivity contribution >= 4 is 5.96 Å². The van der Waals surface area contributed by atoms with Gasteiger partial charge in [-0.2, -0.15) is 0 Å². The van der Waals surface area contributed by atoms with Gasteiger partial charge in [0.1, 0.15) is 5.82 Å². The van der Waals surface area contributed by atoms with E-state index in [1.807, 2.05) is 13.2 Å². The van der Waals surface area contributed by atoms with Crippen molar-refractivity contribution in [3.8, 4) is 0 Å². The van der Waals surface area contributed by atoms with Gasteiger partial charge in [0, 0.05) is 32.5 Å². The van der Waals surface area contributed by atoms with Crippen molar-refractivity contribution in [3.05, 3.63) is 18.2 Å². The molecule has 0 aliphatic heterocycles. The predicted molar refractivity (Wildman–Crippen MR) is 96.5 cm³/mol. The lowest BCUT2D eigenvalue weighted by Crippen LogP contribution is -2.42. The van der Waals surface area contributed by atoms with Crippen LogP contribution in [-0.4, -0.2) is 29.1 Å². The molecule has 0 radical (unpaired) electrons. The van der Waals surface area contributed by atoms with Crippen molar-refractivity contribution in [2.45, 2.75) is 66.0 Å². The van der Waals surface area contributed by atoms with Crippen LogP contribution < -0.4 is 10.6 Å². The van der Waals surface area contributed by atoms with Gasteiger partial charge in [0.15, 0.2) is 5.96 Å². The molecule has 1 aliphatic carbocycles. The fourth-order valence-electron chi connectivity index (χ4n) is 3.50. The molecule has 5 nitrogen and oxygen atoms in total. The van der Waals surface area contributed by atoms with Crippen molar-refractivity contribution in [2.75, 3.05) is 13.6 Å². The van der Waals surface area contributed by atoms with Crippen LogP contribution in [0.2, 0.25) is 0 Å². The molecule has 0 aromatic carbocycles. The molecule has 0 saturated heterocycles. The number of hydrogen-bond acceptors (Lipinski definition) is 2. The molecular weight excluding hydrogens is 286 g/mol. The lowest BCUT2D eigenvalue weighted by molar-refractivity contribution is 0.283. The third kappa shape index (κ3) is 4.98. The van der Waals surface area contributed by atoms with Crippen molar-refractivity contribution in [1.29, 1.82) is 0 Å². The van der Waals surface area contributed by atoms with E-state index >= 15 is 0 Å². The van der Waals surface area contributed by atoms with Crippen LogP contribution in [0.25, 0.3) is 0 Å². The normalized spacial score (nSPS) is 17.7. The highest BCUT2D eigenvalue weighted by Gasteiger charge is 2.31. The molecule has 0 amide bonds. The molecule has 5 heteroatoms. The number of guanidine groups is 1. The Morgan fingerprint density at radius 1 is 1.35 bits per heavy atom. The minimum Gasteiger partial charge on any atom is -0.356 e. The number of nitrogens with one attached hydrogen (secondary N) is 2. The van der Waals surface area contributed by atoms with E-state index in [0.717, 1.165) is 24.9 Å². The van der Waals surface area contributed by atoms with Gasteiger partial charge in [0.25, 0.3) is 0 Å². The molecule has 1 aromatic heterocycles. The fourth-order valence-corrected chi connectivity index (χ4v) is 3.50. The lowest BCUT2D eigenvalue weighted by atomic mass is 9.83. The van der Waals surface area contributed by atoms with Gasteiger partial charge >= 0.3 is 0 Å². The highest BCUT2D eigenvalue weighted by atomic mass is 15.2. The Bertz CT molecular complexity index is 497. The summed E-state index contributed by atoms with van der Waals surface area (Å²) in [4.78, 5) is 8.82. The SMILES string of the molecule is CCC1(CNC(=NC)NCc2nccn2CC(C)C)CCCC1.